The van der Waals surface area contributed by atoms with Crippen molar-refractivity contribution in [1.29, 1.82) is 0 Å². The maximum atomic E-state index is 6.07. The van der Waals surface area contributed by atoms with Crippen LogP contribution in [0.4, 0.5) is 0 Å². The minimum atomic E-state index is 0.463. The second-order valence-corrected chi connectivity index (χ2v) is 8.65. The van der Waals surface area contributed by atoms with Crippen LogP contribution in [0.2, 0.25) is 5.02 Å². The normalized spacial score (nSPS) is 11.2. The zero-order valence-electron chi connectivity index (χ0n) is 20.2. The molecule has 0 amide bonds. The third kappa shape index (κ3) is 10.2. The Balaban J connectivity index is 1.80. The second-order valence-electron chi connectivity index (χ2n) is 8.21. The Kier molecular flexibility index (Phi) is 13.2. The lowest BCUT2D eigenvalue weighted by atomic mass is 10.2. The Morgan fingerprint density at radius 3 is 2.25 bits per heavy atom. The van der Waals surface area contributed by atoms with Crippen LogP contribution in [0.25, 0.3) is 0 Å². The van der Waals surface area contributed by atoms with Gasteiger partial charge in [0.15, 0.2) is 11.5 Å². The molecule has 0 aliphatic heterocycles. The molecule has 32 heavy (non-hydrogen) atoms. The molecular formula is C27H41ClN2O2. The summed E-state index contributed by atoms with van der Waals surface area (Å²) >= 11 is 6.07. The van der Waals surface area contributed by atoms with Crippen LogP contribution in [-0.4, -0.2) is 37.7 Å². The number of nitrogens with zero attached hydrogens (tertiary/aromatic N) is 1. The van der Waals surface area contributed by atoms with Gasteiger partial charge in [-0.3, -0.25) is 0 Å². The molecule has 0 unspecified atom stereocenters. The summed E-state index contributed by atoms with van der Waals surface area (Å²) in [6, 6.07) is 13.9. The van der Waals surface area contributed by atoms with Crippen LogP contribution in [0.1, 0.15) is 64.0 Å². The maximum Gasteiger partial charge on any atom is 0.161 e. The Morgan fingerprint density at radius 2 is 1.56 bits per heavy atom. The van der Waals surface area contributed by atoms with Gasteiger partial charge in [-0.25, -0.2) is 0 Å². The van der Waals surface area contributed by atoms with E-state index in [2.05, 4.69) is 36.2 Å². The molecule has 0 spiro atoms. The van der Waals surface area contributed by atoms with Gasteiger partial charge in [0.05, 0.1) is 6.61 Å². The molecule has 0 saturated carbocycles. The third-order valence-electron chi connectivity index (χ3n) is 5.40. The monoisotopic (exact) mass is 460 g/mol. The first-order valence-corrected chi connectivity index (χ1v) is 12.6. The van der Waals surface area contributed by atoms with Gasteiger partial charge in [-0.2, -0.15) is 0 Å². The summed E-state index contributed by atoms with van der Waals surface area (Å²) in [5, 5.41) is 4.30. The van der Waals surface area contributed by atoms with E-state index in [9.17, 15) is 0 Å². The number of hydrogen-bond donors (Lipinski definition) is 1. The molecule has 0 aromatic heterocycles. The Bertz CT molecular complexity index is 761. The van der Waals surface area contributed by atoms with Crippen LogP contribution in [0.15, 0.2) is 42.5 Å². The van der Waals surface area contributed by atoms with Crippen molar-refractivity contribution in [3.63, 3.8) is 0 Å². The van der Waals surface area contributed by atoms with Crippen molar-refractivity contribution in [2.24, 2.45) is 0 Å². The number of ether oxygens (including phenoxy) is 2. The SMILES string of the molecule is CCCCN(CCCC)CCCNCc1ccc(OCc2cccc(Cl)c2)c(OCC)c1. The lowest BCUT2D eigenvalue weighted by molar-refractivity contribution is 0.261. The molecule has 1 N–H and O–H groups in total. The highest BCUT2D eigenvalue weighted by Gasteiger charge is 2.08. The van der Waals surface area contributed by atoms with Crippen LogP contribution in [-0.2, 0) is 13.2 Å². The summed E-state index contributed by atoms with van der Waals surface area (Å²) in [5.74, 6) is 1.55. The predicted octanol–water partition coefficient (Wildman–Crippen LogP) is 6.70. The van der Waals surface area contributed by atoms with Gasteiger partial charge in [-0.1, -0.05) is 56.5 Å². The molecule has 0 heterocycles. The first-order chi connectivity index (χ1) is 15.7. The molecule has 0 fully saturated rings. The molecular weight excluding hydrogens is 420 g/mol. The van der Waals surface area contributed by atoms with Crippen molar-refractivity contribution < 1.29 is 9.47 Å². The van der Waals surface area contributed by atoms with Crippen LogP contribution < -0.4 is 14.8 Å². The highest BCUT2D eigenvalue weighted by atomic mass is 35.5. The minimum absolute atomic E-state index is 0.463. The number of unbranched alkanes of at least 4 members (excludes halogenated alkanes) is 2. The molecule has 5 heteroatoms. The fraction of sp³-hybridized carbons (Fsp3) is 0.556. The zero-order chi connectivity index (χ0) is 23.0. The summed E-state index contributed by atoms with van der Waals surface area (Å²) in [7, 11) is 0. The van der Waals surface area contributed by atoms with E-state index in [1.165, 1.54) is 57.3 Å². The fourth-order valence-corrected chi connectivity index (χ4v) is 3.81. The molecule has 0 aliphatic rings. The Hall–Kier alpha value is -1.75. The quantitative estimate of drug-likeness (QED) is 0.266. The number of benzene rings is 2. The molecule has 4 nitrogen and oxygen atoms in total. The van der Waals surface area contributed by atoms with Crippen molar-refractivity contribution in [1.82, 2.24) is 10.2 Å². The maximum absolute atomic E-state index is 6.07. The third-order valence-corrected chi connectivity index (χ3v) is 5.64. The molecule has 2 aromatic carbocycles. The second kappa shape index (κ2) is 16.0. The first kappa shape index (κ1) is 26.5. The van der Waals surface area contributed by atoms with Gasteiger partial charge < -0.3 is 19.7 Å². The van der Waals surface area contributed by atoms with E-state index in [0.29, 0.717) is 13.2 Å². The van der Waals surface area contributed by atoms with E-state index in [4.69, 9.17) is 21.1 Å². The molecule has 0 saturated heterocycles. The topological polar surface area (TPSA) is 33.7 Å². The fourth-order valence-electron chi connectivity index (χ4n) is 3.60. The van der Waals surface area contributed by atoms with Crippen molar-refractivity contribution in [3.8, 4) is 11.5 Å². The van der Waals surface area contributed by atoms with Gasteiger partial charge in [-0.15, -0.1) is 0 Å². The summed E-state index contributed by atoms with van der Waals surface area (Å²) in [6.07, 6.45) is 6.29. The summed E-state index contributed by atoms with van der Waals surface area (Å²) in [5.41, 5.74) is 2.25. The van der Waals surface area contributed by atoms with Gasteiger partial charge in [0.1, 0.15) is 6.61 Å². The standard InChI is InChI=1S/C27H41ClN2O2/c1-4-7-16-30(17-8-5-2)18-10-15-29-21-23-13-14-26(27(20-23)31-6-3)32-22-24-11-9-12-25(28)19-24/h9,11-14,19-20,29H,4-8,10,15-18,21-22H2,1-3H3. The van der Waals surface area contributed by atoms with Crippen molar-refractivity contribution in [2.45, 2.75) is 66.0 Å². The van der Waals surface area contributed by atoms with Crippen molar-refractivity contribution in [3.05, 3.63) is 58.6 Å². The van der Waals surface area contributed by atoms with E-state index < -0.39 is 0 Å². The van der Waals surface area contributed by atoms with Crippen LogP contribution >= 0.6 is 11.6 Å². The smallest absolute Gasteiger partial charge is 0.161 e. The van der Waals surface area contributed by atoms with Crippen molar-refractivity contribution in [2.75, 3.05) is 32.8 Å². The summed E-state index contributed by atoms with van der Waals surface area (Å²) in [6.45, 7) is 13.1. The highest BCUT2D eigenvalue weighted by molar-refractivity contribution is 6.30. The zero-order valence-corrected chi connectivity index (χ0v) is 20.9. The number of nitrogens with one attached hydrogen (secondary N) is 1. The molecule has 2 aromatic rings. The van der Waals surface area contributed by atoms with Gasteiger partial charge in [-0.05, 0) is 87.8 Å². The highest BCUT2D eigenvalue weighted by Crippen LogP contribution is 2.29. The van der Waals surface area contributed by atoms with Gasteiger partial charge >= 0.3 is 0 Å². The molecule has 0 bridgehead atoms. The van der Waals surface area contributed by atoms with Gasteiger partial charge in [0.2, 0.25) is 0 Å². The summed E-state index contributed by atoms with van der Waals surface area (Å²) < 4.78 is 11.8. The number of halogens is 1. The van der Waals surface area contributed by atoms with E-state index >= 15 is 0 Å². The van der Waals surface area contributed by atoms with Gasteiger partial charge in [0.25, 0.3) is 0 Å². The van der Waals surface area contributed by atoms with Crippen LogP contribution in [0.3, 0.4) is 0 Å². The first-order valence-electron chi connectivity index (χ1n) is 12.2. The predicted molar refractivity (Wildman–Crippen MR) is 136 cm³/mol. The molecule has 178 valence electrons. The van der Waals surface area contributed by atoms with E-state index in [1.807, 2.05) is 37.3 Å². The van der Waals surface area contributed by atoms with E-state index in [-0.39, 0.29) is 0 Å². The molecule has 0 aliphatic carbocycles. The average molecular weight is 461 g/mol. The number of hydrogen-bond acceptors (Lipinski definition) is 4. The lowest BCUT2D eigenvalue weighted by Gasteiger charge is -2.22. The molecule has 2 rings (SSSR count). The van der Waals surface area contributed by atoms with E-state index in [1.54, 1.807) is 0 Å². The van der Waals surface area contributed by atoms with Crippen LogP contribution in [0.5, 0.6) is 11.5 Å². The average Bonchev–Trinajstić information content (AvgIpc) is 2.80. The Morgan fingerprint density at radius 1 is 0.812 bits per heavy atom. The van der Waals surface area contributed by atoms with E-state index in [0.717, 1.165) is 35.2 Å². The Labute approximate surface area is 200 Å². The minimum Gasteiger partial charge on any atom is -0.490 e. The van der Waals surface area contributed by atoms with Gasteiger partial charge in [0, 0.05) is 11.6 Å². The lowest BCUT2D eigenvalue weighted by Crippen LogP contribution is -2.29. The van der Waals surface area contributed by atoms with Crippen molar-refractivity contribution >= 4 is 11.6 Å². The van der Waals surface area contributed by atoms with Crippen LogP contribution in [0, 0.1) is 0 Å². The summed E-state index contributed by atoms with van der Waals surface area (Å²) in [4.78, 5) is 2.62. The largest absolute Gasteiger partial charge is 0.490 e. The molecule has 0 atom stereocenters. The molecule has 0 radical (unpaired) electrons. The number of rotatable bonds is 17.